The maximum absolute atomic E-state index is 14.1. The lowest BCUT2D eigenvalue weighted by atomic mass is 9.91. The van der Waals surface area contributed by atoms with Crippen molar-refractivity contribution in [3.8, 4) is 5.69 Å². The topological polar surface area (TPSA) is 45.6 Å². The minimum absolute atomic E-state index is 0.0411. The van der Waals surface area contributed by atoms with Crippen LogP contribution in [0.2, 0.25) is 0 Å². The molecule has 1 unspecified atom stereocenters. The summed E-state index contributed by atoms with van der Waals surface area (Å²) in [4.78, 5) is 31.1. The quantitative estimate of drug-likeness (QED) is 0.499. The van der Waals surface area contributed by atoms with Crippen molar-refractivity contribution < 1.29 is 9.59 Å². The Morgan fingerprint density at radius 1 is 0.971 bits per heavy atom. The first-order valence-corrected chi connectivity index (χ1v) is 12.2. The van der Waals surface area contributed by atoms with Gasteiger partial charge in [0.05, 0.1) is 17.1 Å². The largest absolute Gasteiger partial charge is 0.330 e. The Kier molecular flexibility index (Phi) is 5.59. The van der Waals surface area contributed by atoms with Gasteiger partial charge in [-0.05, 0) is 55.0 Å². The zero-order valence-electron chi connectivity index (χ0n) is 20.5. The average molecular weight is 456 g/mol. The van der Waals surface area contributed by atoms with Crippen LogP contribution in [0.3, 0.4) is 0 Å². The lowest BCUT2D eigenvalue weighted by Gasteiger charge is -2.40. The summed E-state index contributed by atoms with van der Waals surface area (Å²) in [5.74, 6) is 0.0321. The zero-order valence-corrected chi connectivity index (χ0v) is 20.5. The first-order valence-electron chi connectivity index (χ1n) is 12.2. The number of rotatable bonds is 5. The number of hydrogen-bond acceptors (Lipinski definition) is 2. The molecule has 1 fully saturated rings. The van der Waals surface area contributed by atoms with E-state index in [9.17, 15) is 9.59 Å². The van der Waals surface area contributed by atoms with Crippen molar-refractivity contribution in [2.45, 2.75) is 59.0 Å². The van der Waals surface area contributed by atoms with Crippen molar-refractivity contribution in [2.75, 3.05) is 11.4 Å². The fraction of sp³-hybridized carbons (Fsp3) is 0.379. The highest BCUT2D eigenvalue weighted by Crippen LogP contribution is 2.42. The van der Waals surface area contributed by atoms with Gasteiger partial charge in [0, 0.05) is 18.7 Å². The Morgan fingerprint density at radius 2 is 1.71 bits per heavy atom. The number of carbonyl (C=O) groups excluding carboxylic acids is 2. The van der Waals surface area contributed by atoms with Crippen molar-refractivity contribution in [3.63, 3.8) is 0 Å². The number of benzene rings is 2. The molecule has 2 aromatic carbocycles. The Balaban J connectivity index is 1.56. The normalized spacial score (nSPS) is 17.2. The molecule has 0 spiro atoms. The Bertz CT molecular complexity index is 1230. The van der Waals surface area contributed by atoms with Gasteiger partial charge in [0.2, 0.25) is 11.8 Å². The summed E-state index contributed by atoms with van der Waals surface area (Å²) in [5.41, 5.74) is 5.02. The maximum Gasteiger partial charge on any atom is 0.247 e. The molecule has 1 aromatic heterocycles. The van der Waals surface area contributed by atoms with Crippen LogP contribution < -0.4 is 4.90 Å². The van der Waals surface area contributed by atoms with Gasteiger partial charge in [-0.25, -0.2) is 0 Å². The summed E-state index contributed by atoms with van der Waals surface area (Å²) in [5, 5.41) is 0. The first kappa shape index (κ1) is 22.5. The molecule has 0 N–H and O–H groups in total. The molecule has 3 aromatic rings. The van der Waals surface area contributed by atoms with E-state index in [4.69, 9.17) is 0 Å². The molecule has 2 heterocycles. The third-order valence-corrected chi connectivity index (χ3v) is 6.64. The van der Waals surface area contributed by atoms with E-state index in [1.165, 1.54) is 0 Å². The number of carbonyl (C=O) groups is 2. The van der Waals surface area contributed by atoms with Gasteiger partial charge in [-0.2, -0.15) is 0 Å². The van der Waals surface area contributed by atoms with Crippen LogP contribution in [0.15, 0.2) is 66.9 Å². The van der Waals surface area contributed by atoms with Crippen molar-refractivity contribution >= 4 is 17.5 Å². The molecule has 2 aliphatic rings. The molecular weight excluding hydrogens is 422 g/mol. The highest BCUT2D eigenvalue weighted by atomic mass is 16.2. The molecule has 5 rings (SSSR count). The summed E-state index contributed by atoms with van der Waals surface area (Å²) in [6, 6.07) is 20.5. The third-order valence-electron chi connectivity index (χ3n) is 6.64. The van der Waals surface area contributed by atoms with Gasteiger partial charge in [0.1, 0.15) is 12.6 Å². The number of nitrogens with zero attached hydrogens (tertiary/aromatic N) is 3. The number of hydrogen-bond donors (Lipinski definition) is 0. The van der Waals surface area contributed by atoms with Crippen LogP contribution in [-0.4, -0.2) is 33.9 Å². The second-order valence-corrected chi connectivity index (χ2v) is 10.9. The van der Waals surface area contributed by atoms with E-state index >= 15 is 0 Å². The van der Waals surface area contributed by atoms with Crippen LogP contribution in [0.25, 0.3) is 5.69 Å². The smallest absolute Gasteiger partial charge is 0.247 e. The lowest BCUT2D eigenvalue weighted by molar-refractivity contribution is -0.137. The minimum Gasteiger partial charge on any atom is -0.330 e. The number of amides is 2. The summed E-state index contributed by atoms with van der Waals surface area (Å²) in [6.07, 6.45) is 4.45. The van der Waals surface area contributed by atoms with Gasteiger partial charge in [0.15, 0.2) is 0 Å². The van der Waals surface area contributed by atoms with E-state index in [0.717, 1.165) is 41.0 Å². The maximum atomic E-state index is 14.1. The minimum atomic E-state index is -0.254. The summed E-state index contributed by atoms with van der Waals surface area (Å²) in [7, 11) is 0. The third kappa shape index (κ3) is 4.27. The standard InChI is InChI=1S/C29H33N3O2/c1-20-9-7-10-21(17-20)28-25-13-8-16-30(25)23-11-5-6-12-24(23)32(28)27(34)19-31(22-14-15-22)26(33)18-29(2,3)4/h5-13,16-17,22,28H,14-15,18-19H2,1-4H3. The molecule has 5 heteroatoms. The van der Waals surface area contributed by atoms with E-state index in [-0.39, 0.29) is 35.9 Å². The predicted octanol–water partition coefficient (Wildman–Crippen LogP) is 5.65. The molecule has 1 aliphatic carbocycles. The Morgan fingerprint density at radius 3 is 2.38 bits per heavy atom. The van der Waals surface area contributed by atoms with Gasteiger partial charge in [0.25, 0.3) is 0 Å². The van der Waals surface area contributed by atoms with E-state index < -0.39 is 0 Å². The van der Waals surface area contributed by atoms with E-state index in [1.807, 2.05) is 40.1 Å². The van der Waals surface area contributed by atoms with Gasteiger partial charge in [-0.3, -0.25) is 14.5 Å². The number of para-hydroxylation sites is 2. The summed E-state index contributed by atoms with van der Waals surface area (Å²) in [6.45, 7) is 8.39. The predicted molar refractivity (Wildman–Crippen MR) is 135 cm³/mol. The molecule has 0 saturated heterocycles. The molecule has 176 valence electrons. The van der Waals surface area contributed by atoms with Gasteiger partial charge < -0.3 is 9.47 Å². The molecule has 5 nitrogen and oxygen atoms in total. The Labute approximate surface area is 202 Å². The van der Waals surface area contributed by atoms with Gasteiger partial charge >= 0.3 is 0 Å². The first-order chi connectivity index (χ1) is 16.2. The van der Waals surface area contributed by atoms with Crippen LogP contribution in [0.4, 0.5) is 5.69 Å². The number of anilines is 1. The van der Waals surface area contributed by atoms with Gasteiger partial charge in [-0.1, -0.05) is 62.7 Å². The highest BCUT2D eigenvalue weighted by Gasteiger charge is 2.40. The molecule has 0 bridgehead atoms. The SMILES string of the molecule is Cc1cccc(C2c3cccn3-c3ccccc3N2C(=O)CN(C(=O)CC(C)(C)C)C2CC2)c1. The number of fused-ring (bicyclic) bond motifs is 3. The fourth-order valence-corrected chi connectivity index (χ4v) is 5.00. The molecule has 0 radical (unpaired) electrons. The lowest BCUT2D eigenvalue weighted by Crippen LogP contribution is -2.47. The zero-order chi connectivity index (χ0) is 24.0. The van der Waals surface area contributed by atoms with Crippen molar-refractivity contribution in [3.05, 3.63) is 83.7 Å². The molecule has 2 amide bonds. The molecule has 1 saturated carbocycles. The second kappa shape index (κ2) is 8.46. The molecule has 34 heavy (non-hydrogen) atoms. The average Bonchev–Trinajstić information content (AvgIpc) is 3.50. The van der Waals surface area contributed by atoms with E-state index in [2.05, 4.69) is 68.8 Å². The summed E-state index contributed by atoms with van der Waals surface area (Å²) >= 11 is 0. The molecule has 1 atom stereocenters. The van der Waals surface area contributed by atoms with Crippen molar-refractivity contribution in [2.24, 2.45) is 5.41 Å². The van der Waals surface area contributed by atoms with Crippen molar-refractivity contribution in [1.29, 1.82) is 0 Å². The number of aryl methyl sites for hydroxylation is 1. The van der Waals surface area contributed by atoms with Crippen LogP contribution in [0.5, 0.6) is 0 Å². The second-order valence-electron chi connectivity index (χ2n) is 10.9. The van der Waals surface area contributed by atoms with Crippen LogP contribution in [0, 0.1) is 12.3 Å². The monoisotopic (exact) mass is 455 g/mol. The van der Waals surface area contributed by atoms with Crippen LogP contribution >= 0.6 is 0 Å². The highest BCUT2D eigenvalue weighted by molar-refractivity contribution is 6.00. The molecular formula is C29H33N3O2. The van der Waals surface area contributed by atoms with Crippen LogP contribution in [-0.2, 0) is 9.59 Å². The van der Waals surface area contributed by atoms with Crippen LogP contribution in [0.1, 0.15) is 62.9 Å². The summed E-state index contributed by atoms with van der Waals surface area (Å²) < 4.78 is 2.18. The van der Waals surface area contributed by atoms with Crippen molar-refractivity contribution in [1.82, 2.24) is 9.47 Å². The Hall–Kier alpha value is -3.34. The number of aromatic nitrogens is 1. The fourth-order valence-electron chi connectivity index (χ4n) is 5.00. The van der Waals surface area contributed by atoms with E-state index in [1.54, 1.807) is 0 Å². The van der Waals surface area contributed by atoms with E-state index in [0.29, 0.717) is 6.42 Å². The molecule has 1 aliphatic heterocycles. The van der Waals surface area contributed by atoms with Gasteiger partial charge in [-0.15, -0.1) is 0 Å².